The lowest BCUT2D eigenvalue weighted by Crippen LogP contribution is -2.40. The van der Waals surface area contributed by atoms with Crippen LogP contribution in [-0.4, -0.2) is 32.1 Å². The third-order valence-corrected chi connectivity index (χ3v) is 7.44. The molecule has 0 saturated heterocycles. The van der Waals surface area contributed by atoms with E-state index in [1.165, 1.54) is 15.3 Å². The van der Waals surface area contributed by atoms with Gasteiger partial charge in [-0.2, -0.15) is 5.10 Å². The number of aromatic nitrogens is 3. The number of aryl methyl sites for hydroxylation is 1. The van der Waals surface area contributed by atoms with Crippen LogP contribution in [0.2, 0.25) is 0 Å². The van der Waals surface area contributed by atoms with Crippen molar-refractivity contribution in [1.29, 1.82) is 0 Å². The second-order valence-corrected chi connectivity index (χ2v) is 9.66. The summed E-state index contributed by atoms with van der Waals surface area (Å²) in [7, 11) is 0. The molecule has 0 N–H and O–H groups in total. The van der Waals surface area contributed by atoms with Crippen molar-refractivity contribution >= 4 is 39.6 Å². The molecule has 5 rings (SSSR count). The first-order valence-corrected chi connectivity index (χ1v) is 11.6. The van der Waals surface area contributed by atoms with Crippen LogP contribution in [0.25, 0.3) is 11.0 Å². The number of hydrogen-bond acceptors (Lipinski definition) is 5. The number of thiophene rings is 2. The summed E-state index contributed by atoms with van der Waals surface area (Å²) < 4.78 is 1.91. The Balaban J connectivity index is 1.58. The van der Waals surface area contributed by atoms with Gasteiger partial charge in [0.2, 0.25) is 0 Å². The summed E-state index contributed by atoms with van der Waals surface area (Å²) in [6, 6.07) is 8.52. The average molecular weight is 423 g/mol. The molecule has 0 spiro atoms. The minimum absolute atomic E-state index is 0.0222. The predicted octanol–water partition coefficient (Wildman–Crippen LogP) is 5.23. The van der Waals surface area contributed by atoms with Crippen LogP contribution in [-0.2, 0) is 6.42 Å². The normalized spacial score (nSPS) is 16.6. The molecule has 1 aliphatic rings. The number of hydrogen-bond donors (Lipinski definition) is 0. The largest absolute Gasteiger partial charge is 0.326 e. The minimum Gasteiger partial charge on any atom is -0.326 e. The van der Waals surface area contributed by atoms with E-state index in [1.807, 2.05) is 28.8 Å². The molecule has 0 fully saturated rings. The van der Waals surface area contributed by atoms with Crippen molar-refractivity contribution in [2.45, 2.75) is 39.3 Å². The highest BCUT2D eigenvalue weighted by atomic mass is 32.1. The molecule has 0 radical (unpaired) electrons. The van der Waals surface area contributed by atoms with Gasteiger partial charge in [-0.3, -0.25) is 4.79 Å². The van der Waals surface area contributed by atoms with Crippen LogP contribution in [0.5, 0.6) is 0 Å². The van der Waals surface area contributed by atoms with E-state index in [-0.39, 0.29) is 18.0 Å². The Morgan fingerprint density at radius 1 is 1.24 bits per heavy atom. The number of carbonyl (C=O) groups is 1. The van der Waals surface area contributed by atoms with E-state index in [2.05, 4.69) is 47.9 Å². The Morgan fingerprint density at radius 2 is 2.10 bits per heavy atom. The molecule has 0 bridgehead atoms. The van der Waals surface area contributed by atoms with E-state index in [4.69, 9.17) is 4.98 Å². The van der Waals surface area contributed by atoms with Crippen molar-refractivity contribution in [3.63, 3.8) is 0 Å². The number of nitrogens with zero attached hydrogens (tertiary/aromatic N) is 4. The molecule has 29 heavy (non-hydrogen) atoms. The number of amides is 1. The van der Waals surface area contributed by atoms with Gasteiger partial charge >= 0.3 is 0 Å². The van der Waals surface area contributed by atoms with Crippen LogP contribution >= 0.6 is 22.7 Å². The van der Waals surface area contributed by atoms with E-state index < -0.39 is 0 Å². The Labute approximate surface area is 177 Å². The second kappa shape index (κ2) is 7.07. The van der Waals surface area contributed by atoms with E-state index in [1.54, 1.807) is 22.7 Å². The lowest BCUT2D eigenvalue weighted by atomic mass is 9.97. The Hall–Kier alpha value is -2.51. The molecule has 7 heteroatoms. The van der Waals surface area contributed by atoms with Crippen molar-refractivity contribution in [1.82, 2.24) is 19.7 Å². The number of carbonyl (C=O) groups excluding carboxylic acids is 1. The van der Waals surface area contributed by atoms with Gasteiger partial charge in [-0.15, -0.1) is 22.7 Å². The molecule has 1 amide bonds. The highest BCUT2D eigenvalue weighted by molar-refractivity contribution is 7.10. The Kier molecular flexibility index (Phi) is 4.52. The van der Waals surface area contributed by atoms with Crippen molar-refractivity contribution in [3.05, 3.63) is 67.8 Å². The van der Waals surface area contributed by atoms with Gasteiger partial charge in [0.15, 0.2) is 5.65 Å². The highest BCUT2D eigenvalue weighted by Gasteiger charge is 2.34. The SMILES string of the molecule is Cc1nc2c(cnn2C(C)C)cc1C(=O)N1CCc2sccc2C1c1cccs1. The van der Waals surface area contributed by atoms with Gasteiger partial charge < -0.3 is 4.90 Å². The van der Waals surface area contributed by atoms with Crippen LogP contribution in [0.3, 0.4) is 0 Å². The first-order chi connectivity index (χ1) is 14.0. The molecule has 1 aliphatic heterocycles. The summed E-state index contributed by atoms with van der Waals surface area (Å²) in [6.07, 6.45) is 2.71. The second-order valence-electron chi connectivity index (χ2n) is 7.68. The summed E-state index contributed by atoms with van der Waals surface area (Å²) in [4.78, 5) is 23.1. The third kappa shape index (κ3) is 3.00. The van der Waals surface area contributed by atoms with Crippen molar-refractivity contribution < 1.29 is 4.79 Å². The number of pyridine rings is 1. The third-order valence-electron chi connectivity index (χ3n) is 5.52. The van der Waals surface area contributed by atoms with Crippen LogP contribution in [0.4, 0.5) is 0 Å². The molecule has 5 nitrogen and oxygen atoms in total. The van der Waals surface area contributed by atoms with E-state index in [9.17, 15) is 4.79 Å². The maximum absolute atomic E-state index is 13.7. The van der Waals surface area contributed by atoms with Gasteiger partial charge in [-0.05, 0) is 61.7 Å². The maximum atomic E-state index is 13.7. The smallest absolute Gasteiger partial charge is 0.256 e. The van der Waals surface area contributed by atoms with Crippen molar-refractivity contribution in [2.75, 3.05) is 6.54 Å². The summed E-state index contributed by atoms with van der Waals surface area (Å²) in [6.45, 7) is 6.81. The fourth-order valence-electron chi connectivity index (χ4n) is 4.10. The Morgan fingerprint density at radius 3 is 2.86 bits per heavy atom. The summed E-state index contributed by atoms with van der Waals surface area (Å²) in [5.41, 5.74) is 3.52. The first kappa shape index (κ1) is 18.5. The van der Waals surface area contributed by atoms with Gasteiger partial charge in [0.1, 0.15) is 0 Å². The first-order valence-electron chi connectivity index (χ1n) is 9.80. The van der Waals surface area contributed by atoms with Gasteiger partial charge in [0, 0.05) is 27.7 Å². The molecular formula is C22H22N4OS2. The molecule has 0 saturated carbocycles. The maximum Gasteiger partial charge on any atom is 0.256 e. The van der Waals surface area contributed by atoms with E-state index >= 15 is 0 Å². The van der Waals surface area contributed by atoms with Gasteiger partial charge in [0.25, 0.3) is 5.91 Å². The molecule has 1 unspecified atom stereocenters. The molecule has 0 aromatic carbocycles. The molecule has 148 valence electrons. The summed E-state index contributed by atoms with van der Waals surface area (Å²) in [5.74, 6) is 0.0458. The molecular weight excluding hydrogens is 400 g/mol. The fraction of sp³-hybridized carbons (Fsp3) is 0.318. The predicted molar refractivity (Wildman–Crippen MR) is 118 cm³/mol. The topological polar surface area (TPSA) is 51.0 Å². The highest BCUT2D eigenvalue weighted by Crippen LogP contribution is 2.40. The quantitative estimate of drug-likeness (QED) is 0.454. The van der Waals surface area contributed by atoms with Crippen LogP contribution < -0.4 is 0 Å². The zero-order chi connectivity index (χ0) is 20.1. The fourth-order valence-corrected chi connectivity index (χ4v) is 5.86. The standard InChI is InChI=1S/C22H22N4OS2/c1-13(2)26-21-15(12-23-26)11-17(14(3)24-21)22(27)25-8-6-18-16(7-10-29-18)20(25)19-5-4-9-28-19/h4-5,7,9-13,20H,6,8H2,1-3H3. The molecule has 4 aromatic rings. The van der Waals surface area contributed by atoms with Crippen LogP contribution in [0.15, 0.2) is 41.2 Å². The monoisotopic (exact) mass is 422 g/mol. The van der Waals surface area contributed by atoms with E-state index in [0.29, 0.717) is 5.56 Å². The lowest BCUT2D eigenvalue weighted by molar-refractivity contribution is 0.0697. The summed E-state index contributed by atoms with van der Waals surface area (Å²) >= 11 is 3.50. The lowest BCUT2D eigenvalue weighted by Gasteiger charge is -2.35. The van der Waals surface area contributed by atoms with Crippen molar-refractivity contribution in [2.24, 2.45) is 0 Å². The average Bonchev–Trinajstić information content (AvgIpc) is 3.45. The molecule has 1 atom stereocenters. The van der Waals surface area contributed by atoms with E-state index in [0.717, 1.165) is 29.7 Å². The number of rotatable bonds is 3. The van der Waals surface area contributed by atoms with Crippen molar-refractivity contribution in [3.8, 4) is 0 Å². The van der Waals surface area contributed by atoms with Gasteiger partial charge in [-0.1, -0.05) is 6.07 Å². The minimum atomic E-state index is -0.0222. The van der Waals surface area contributed by atoms with Crippen LogP contribution in [0.1, 0.15) is 57.3 Å². The molecule has 5 heterocycles. The Bertz CT molecular complexity index is 1190. The van der Waals surface area contributed by atoms with Gasteiger partial charge in [0.05, 0.1) is 23.5 Å². The number of fused-ring (bicyclic) bond motifs is 2. The van der Waals surface area contributed by atoms with Gasteiger partial charge in [-0.25, -0.2) is 9.67 Å². The van der Waals surface area contributed by atoms with Crippen LogP contribution in [0, 0.1) is 6.92 Å². The zero-order valence-electron chi connectivity index (χ0n) is 16.6. The molecule has 0 aliphatic carbocycles. The summed E-state index contributed by atoms with van der Waals surface area (Å²) in [5, 5.41) is 9.59. The molecule has 4 aromatic heterocycles. The zero-order valence-corrected chi connectivity index (χ0v) is 18.3.